The summed E-state index contributed by atoms with van der Waals surface area (Å²) < 4.78 is 11.6. The van der Waals surface area contributed by atoms with Crippen LogP contribution in [0.25, 0.3) is 0 Å². The molecule has 20 heavy (non-hydrogen) atoms. The first-order chi connectivity index (χ1) is 9.56. The molecule has 106 valence electrons. The lowest BCUT2D eigenvalue weighted by molar-refractivity contribution is 0.0594. The Labute approximate surface area is 117 Å². The quantitative estimate of drug-likeness (QED) is 0.858. The van der Waals surface area contributed by atoms with E-state index in [1.54, 1.807) is 18.0 Å². The Morgan fingerprint density at radius 2 is 2.15 bits per heavy atom. The van der Waals surface area contributed by atoms with Gasteiger partial charge >= 0.3 is 5.97 Å². The van der Waals surface area contributed by atoms with Gasteiger partial charge in [0.25, 0.3) is 0 Å². The highest BCUT2D eigenvalue weighted by Crippen LogP contribution is 2.23. The number of rotatable bonds is 4. The van der Waals surface area contributed by atoms with Gasteiger partial charge in [0.05, 0.1) is 26.5 Å². The molecule has 0 radical (unpaired) electrons. The second-order valence-electron chi connectivity index (χ2n) is 4.38. The molecule has 6 heteroatoms. The highest BCUT2D eigenvalue weighted by Gasteiger charge is 2.16. The van der Waals surface area contributed by atoms with Gasteiger partial charge in [-0.25, -0.2) is 4.79 Å². The van der Waals surface area contributed by atoms with Crippen molar-refractivity contribution in [2.75, 3.05) is 20.0 Å². The third kappa shape index (κ3) is 2.59. The maximum absolute atomic E-state index is 11.5. The van der Waals surface area contributed by atoms with Crippen molar-refractivity contribution in [3.63, 3.8) is 0 Å². The molecule has 0 aliphatic heterocycles. The topological polar surface area (TPSA) is 79.4 Å². The SMILES string of the molecule is COC(=O)c1nn(Cc2c(C)cccc2OC)cc1N. The molecule has 1 aromatic heterocycles. The molecule has 0 amide bonds. The summed E-state index contributed by atoms with van der Waals surface area (Å²) in [5.41, 5.74) is 8.26. The van der Waals surface area contributed by atoms with Gasteiger partial charge in [0.1, 0.15) is 5.75 Å². The number of hydrogen-bond donors (Lipinski definition) is 1. The number of carbonyl (C=O) groups excluding carboxylic acids is 1. The lowest BCUT2D eigenvalue weighted by Gasteiger charge is -2.11. The Kier molecular flexibility index (Phi) is 3.93. The van der Waals surface area contributed by atoms with Crippen LogP contribution in [-0.2, 0) is 11.3 Å². The van der Waals surface area contributed by atoms with Crippen molar-refractivity contribution in [1.82, 2.24) is 9.78 Å². The van der Waals surface area contributed by atoms with E-state index in [2.05, 4.69) is 9.84 Å². The van der Waals surface area contributed by atoms with Crippen LogP contribution < -0.4 is 10.5 Å². The minimum atomic E-state index is -0.544. The average molecular weight is 275 g/mol. The molecule has 0 atom stereocenters. The fourth-order valence-corrected chi connectivity index (χ4v) is 2.00. The van der Waals surface area contributed by atoms with Crippen LogP contribution in [0.2, 0.25) is 0 Å². The van der Waals surface area contributed by atoms with E-state index in [0.717, 1.165) is 16.9 Å². The first-order valence-electron chi connectivity index (χ1n) is 6.10. The molecule has 0 bridgehead atoms. The number of nitrogens with two attached hydrogens (primary N) is 1. The molecule has 2 N–H and O–H groups in total. The Morgan fingerprint density at radius 3 is 2.80 bits per heavy atom. The lowest BCUT2D eigenvalue weighted by atomic mass is 10.1. The first-order valence-corrected chi connectivity index (χ1v) is 6.10. The molecule has 6 nitrogen and oxygen atoms in total. The maximum atomic E-state index is 11.5. The Balaban J connectivity index is 2.34. The number of hydrogen-bond acceptors (Lipinski definition) is 5. The van der Waals surface area contributed by atoms with Gasteiger partial charge in [0.2, 0.25) is 0 Å². The monoisotopic (exact) mass is 275 g/mol. The third-order valence-corrected chi connectivity index (χ3v) is 3.08. The fourth-order valence-electron chi connectivity index (χ4n) is 2.00. The summed E-state index contributed by atoms with van der Waals surface area (Å²) >= 11 is 0. The van der Waals surface area contributed by atoms with Crippen LogP contribution in [0.3, 0.4) is 0 Å². The molecule has 0 aliphatic carbocycles. The van der Waals surface area contributed by atoms with Gasteiger partial charge < -0.3 is 15.2 Å². The van der Waals surface area contributed by atoms with Crippen molar-refractivity contribution in [2.24, 2.45) is 0 Å². The molecule has 2 rings (SSSR count). The van der Waals surface area contributed by atoms with Gasteiger partial charge in [0, 0.05) is 11.8 Å². The summed E-state index contributed by atoms with van der Waals surface area (Å²) in [6.07, 6.45) is 1.61. The maximum Gasteiger partial charge on any atom is 0.360 e. The summed E-state index contributed by atoms with van der Waals surface area (Å²) in [7, 11) is 2.92. The molecule has 1 aromatic carbocycles. The molecular formula is C14H17N3O3. The lowest BCUT2D eigenvalue weighted by Crippen LogP contribution is -2.08. The number of aromatic nitrogens is 2. The van der Waals surface area contributed by atoms with Crippen molar-refractivity contribution in [1.29, 1.82) is 0 Å². The van der Waals surface area contributed by atoms with Gasteiger partial charge in [-0.15, -0.1) is 0 Å². The largest absolute Gasteiger partial charge is 0.496 e. The zero-order chi connectivity index (χ0) is 14.7. The van der Waals surface area contributed by atoms with Crippen LogP contribution in [0.4, 0.5) is 5.69 Å². The number of anilines is 1. The Bertz CT molecular complexity index is 635. The number of methoxy groups -OCH3 is 2. The highest BCUT2D eigenvalue weighted by atomic mass is 16.5. The summed E-state index contributed by atoms with van der Waals surface area (Å²) in [5, 5.41) is 4.15. The molecule has 0 unspecified atom stereocenters. The van der Waals surface area contributed by atoms with Crippen molar-refractivity contribution in [3.8, 4) is 5.75 Å². The van der Waals surface area contributed by atoms with Gasteiger partial charge in [-0.2, -0.15) is 5.10 Å². The van der Waals surface area contributed by atoms with Crippen LogP contribution >= 0.6 is 0 Å². The van der Waals surface area contributed by atoms with Gasteiger partial charge in [0.15, 0.2) is 5.69 Å². The minimum Gasteiger partial charge on any atom is -0.496 e. The van der Waals surface area contributed by atoms with E-state index < -0.39 is 5.97 Å². The highest BCUT2D eigenvalue weighted by molar-refractivity contribution is 5.92. The van der Waals surface area contributed by atoms with Crippen molar-refractivity contribution in [3.05, 3.63) is 41.2 Å². The van der Waals surface area contributed by atoms with E-state index in [4.69, 9.17) is 10.5 Å². The zero-order valence-electron chi connectivity index (χ0n) is 11.7. The fraction of sp³-hybridized carbons (Fsp3) is 0.286. The minimum absolute atomic E-state index is 0.125. The predicted molar refractivity (Wildman–Crippen MR) is 74.8 cm³/mol. The third-order valence-electron chi connectivity index (χ3n) is 3.08. The van der Waals surface area contributed by atoms with Crippen LogP contribution in [0.15, 0.2) is 24.4 Å². The Morgan fingerprint density at radius 1 is 1.40 bits per heavy atom. The molecule has 2 aromatic rings. The number of aryl methyl sites for hydroxylation is 1. The molecule has 0 aliphatic rings. The number of nitrogen functional groups attached to an aromatic ring is 1. The predicted octanol–water partition coefficient (Wildman–Crippen LogP) is 1.62. The van der Waals surface area contributed by atoms with Gasteiger partial charge in [-0.05, 0) is 18.6 Å². The molecule has 0 spiro atoms. The zero-order valence-corrected chi connectivity index (χ0v) is 11.7. The first kappa shape index (κ1) is 13.9. The smallest absolute Gasteiger partial charge is 0.360 e. The van der Waals surface area contributed by atoms with E-state index in [1.165, 1.54) is 7.11 Å². The molecule has 0 saturated heterocycles. The summed E-state index contributed by atoms with van der Waals surface area (Å²) in [5.74, 6) is 0.233. The van der Waals surface area contributed by atoms with Gasteiger partial charge in [-0.3, -0.25) is 4.68 Å². The van der Waals surface area contributed by atoms with Crippen molar-refractivity contribution in [2.45, 2.75) is 13.5 Å². The number of carbonyl (C=O) groups is 1. The van der Waals surface area contributed by atoms with E-state index >= 15 is 0 Å². The van der Waals surface area contributed by atoms with E-state index in [9.17, 15) is 4.79 Å². The average Bonchev–Trinajstić information content (AvgIpc) is 2.81. The molecule has 0 fully saturated rings. The number of nitrogens with zero attached hydrogens (tertiary/aromatic N) is 2. The normalized spacial score (nSPS) is 10.3. The second-order valence-corrected chi connectivity index (χ2v) is 4.38. The van der Waals surface area contributed by atoms with Gasteiger partial charge in [-0.1, -0.05) is 12.1 Å². The number of ether oxygens (including phenoxy) is 2. The second kappa shape index (κ2) is 5.64. The van der Waals surface area contributed by atoms with E-state index in [1.807, 2.05) is 25.1 Å². The Hall–Kier alpha value is -2.50. The number of esters is 1. The van der Waals surface area contributed by atoms with Crippen molar-refractivity contribution < 1.29 is 14.3 Å². The summed E-state index contributed by atoms with van der Waals surface area (Å²) in [4.78, 5) is 11.5. The van der Waals surface area contributed by atoms with Crippen LogP contribution in [0, 0.1) is 6.92 Å². The molecule has 1 heterocycles. The standard InChI is InChI=1S/C14H17N3O3/c1-9-5-4-6-12(19-2)10(9)7-17-8-11(15)13(16-17)14(18)20-3/h4-6,8H,7,15H2,1-3H3. The summed E-state index contributed by atoms with van der Waals surface area (Å²) in [6, 6.07) is 5.80. The van der Waals surface area contributed by atoms with E-state index in [-0.39, 0.29) is 5.69 Å². The van der Waals surface area contributed by atoms with E-state index in [0.29, 0.717) is 12.2 Å². The van der Waals surface area contributed by atoms with Crippen LogP contribution in [0.1, 0.15) is 21.6 Å². The van der Waals surface area contributed by atoms with Crippen LogP contribution in [-0.4, -0.2) is 30.0 Å². The number of benzene rings is 1. The van der Waals surface area contributed by atoms with Crippen LogP contribution in [0.5, 0.6) is 5.75 Å². The van der Waals surface area contributed by atoms with Crippen molar-refractivity contribution >= 4 is 11.7 Å². The molecule has 0 saturated carbocycles. The summed E-state index contributed by atoms with van der Waals surface area (Å²) in [6.45, 7) is 2.46. The molecular weight excluding hydrogens is 258 g/mol.